The molecule has 1 aliphatic rings. The molecular weight excluding hydrogens is 434 g/mol. The number of benzene rings is 1. The second-order valence-corrected chi connectivity index (χ2v) is 5.70. The molecule has 0 spiro atoms. The Balaban J connectivity index is 0.00000225. The van der Waals surface area contributed by atoms with Crippen molar-refractivity contribution in [2.24, 2.45) is 4.99 Å². The number of rotatable bonds is 4. The lowest BCUT2D eigenvalue weighted by atomic mass is 10.2. The summed E-state index contributed by atoms with van der Waals surface area (Å²) in [5.41, 5.74) is 2.06. The van der Waals surface area contributed by atoms with Crippen molar-refractivity contribution in [3.05, 3.63) is 48.0 Å². The molecule has 0 radical (unpaired) electrons. The molecule has 1 aromatic heterocycles. The number of hydrogen-bond donors (Lipinski definition) is 2. The Hall–Kier alpha value is -1.84. The van der Waals surface area contributed by atoms with E-state index in [9.17, 15) is 4.39 Å². The van der Waals surface area contributed by atoms with E-state index in [1.807, 2.05) is 18.2 Å². The fourth-order valence-corrected chi connectivity index (χ4v) is 2.79. The van der Waals surface area contributed by atoms with Crippen LogP contribution in [-0.2, 0) is 6.54 Å². The van der Waals surface area contributed by atoms with E-state index in [-0.39, 0.29) is 29.8 Å². The van der Waals surface area contributed by atoms with Gasteiger partial charge >= 0.3 is 0 Å². The number of halogens is 2. The number of nitrogens with one attached hydrogen (secondary N) is 2. The molecule has 0 bridgehead atoms. The Kier molecular flexibility index (Phi) is 7.48. The molecule has 2 aromatic rings. The number of anilines is 1. The Labute approximate surface area is 164 Å². The SMILES string of the molecule is CCNC(=NCc1ccn[nH]1)N1CCN(c2ccc(F)cc2)CC1.I. The normalized spacial score (nSPS) is 15.0. The molecule has 2 heterocycles. The van der Waals surface area contributed by atoms with Crippen molar-refractivity contribution in [3.8, 4) is 0 Å². The maximum absolute atomic E-state index is 13.1. The molecule has 0 aliphatic carbocycles. The van der Waals surface area contributed by atoms with Gasteiger partial charge in [0.2, 0.25) is 0 Å². The lowest BCUT2D eigenvalue weighted by Gasteiger charge is -2.37. The van der Waals surface area contributed by atoms with Crippen molar-refractivity contribution in [3.63, 3.8) is 0 Å². The van der Waals surface area contributed by atoms with Gasteiger partial charge in [-0.3, -0.25) is 5.10 Å². The van der Waals surface area contributed by atoms with Crippen molar-refractivity contribution < 1.29 is 4.39 Å². The van der Waals surface area contributed by atoms with Gasteiger partial charge in [-0.1, -0.05) is 0 Å². The molecule has 8 heteroatoms. The third-order valence-corrected chi connectivity index (χ3v) is 4.06. The van der Waals surface area contributed by atoms with Crippen molar-refractivity contribution >= 4 is 35.6 Å². The van der Waals surface area contributed by atoms with Crippen LogP contribution in [0.5, 0.6) is 0 Å². The first-order chi connectivity index (χ1) is 11.8. The number of guanidine groups is 1. The number of H-pyrrole nitrogens is 1. The van der Waals surface area contributed by atoms with Gasteiger partial charge in [0.15, 0.2) is 5.96 Å². The standard InChI is InChI=1S/C17H23FN6.HI/c1-2-19-17(20-13-15-7-8-21-22-15)24-11-9-23(10-12-24)16-5-3-14(18)4-6-16;/h3-8H,2,9-13H2,1H3,(H,19,20)(H,21,22);1H. The Morgan fingerprint density at radius 3 is 2.52 bits per heavy atom. The van der Waals surface area contributed by atoms with Gasteiger partial charge in [0.1, 0.15) is 5.82 Å². The number of aliphatic imine (C=N–C) groups is 1. The molecule has 1 fully saturated rings. The largest absolute Gasteiger partial charge is 0.368 e. The van der Waals surface area contributed by atoms with E-state index < -0.39 is 0 Å². The number of aromatic nitrogens is 2. The van der Waals surface area contributed by atoms with Gasteiger partial charge < -0.3 is 15.1 Å². The highest BCUT2D eigenvalue weighted by atomic mass is 127. The minimum Gasteiger partial charge on any atom is -0.368 e. The van der Waals surface area contributed by atoms with Gasteiger partial charge in [-0.2, -0.15) is 5.10 Å². The maximum Gasteiger partial charge on any atom is 0.194 e. The van der Waals surface area contributed by atoms with E-state index in [4.69, 9.17) is 0 Å². The molecule has 1 aliphatic heterocycles. The zero-order chi connectivity index (χ0) is 16.8. The predicted octanol–water partition coefficient (Wildman–Crippen LogP) is 2.45. The molecule has 1 saturated heterocycles. The molecule has 1 aromatic carbocycles. The van der Waals surface area contributed by atoms with Crippen LogP contribution in [0.2, 0.25) is 0 Å². The molecule has 2 N–H and O–H groups in total. The summed E-state index contributed by atoms with van der Waals surface area (Å²) in [6.45, 7) is 7.03. The Bertz CT molecular complexity index is 650. The Morgan fingerprint density at radius 1 is 1.20 bits per heavy atom. The van der Waals surface area contributed by atoms with Crippen LogP contribution in [0.3, 0.4) is 0 Å². The summed E-state index contributed by atoms with van der Waals surface area (Å²) in [4.78, 5) is 9.22. The van der Waals surface area contributed by atoms with Crippen molar-refractivity contribution in [2.45, 2.75) is 13.5 Å². The zero-order valence-electron chi connectivity index (χ0n) is 14.3. The van der Waals surface area contributed by atoms with Gasteiger partial charge in [0.05, 0.1) is 12.2 Å². The number of piperazine rings is 1. The zero-order valence-corrected chi connectivity index (χ0v) is 16.6. The first-order valence-corrected chi connectivity index (χ1v) is 8.28. The summed E-state index contributed by atoms with van der Waals surface area (Å²) >= 11 is 0. The van der Waals surface area contributed by atoms with Crippen LogP contribution in [0.15, 0.2) is 41.5 Å². The predicted molar refractivity (Wildman–Crippen MR) is 109 cm³/mol. The van der Waals surface area contributed by atoms with Gasteiger partial charge in [0.25, 0.3) is 0 Å². The lowest BCUT2D eigenvalue weighted by Crippen LogP contribution is -2.52. The van der Waals surface area contributed by atoms with Crippen LogP contribution >= 0.6 is 24.0 Å². The molecule has 0 saturated carbocycles. The quantitative estimate of drug-likeness (QED) is 0.420. The summed E-state index contributed by atoms with van der Waals surface area (Å²) in [6, 6.07) is 8.62. The van der Waals surface area contributed by atoms with Gasteiger partial charge in [-0.05, 0) is 37.3 Å². The second-order valence-electron chi connectivity index (χ2n) is 5.70. The van der Waals surface area contributed by atoms with Crippen LogP contribution in [0.4, 0.5) is 10.1 Å². The van der Waals surface area contributed by atoms with Gasteiger partial charge in [-0.25, -0.2) is 9.38 Å². The smallest absolute Gasteiger partial charge is 0.194 e. The summed E-state index contributed by atoms with van der Waals surface area (Å²) < 4.78 is 13.1. The van der Waals surface area contributed by atoms with Crippen LogP contribution in [-0.4, -0.2) is 53.8 Å². The van der Waals surface area contributed by atoms with Gasteiger partial charge in [0, 0.05) is 44.6 Å². The van der Waals surface area contributed by atoms with Crippen LogP contribution in [0.25, 0.3) is 0 Å². The summed E-state index contributed by atoms with van der Waals surface area (Å²) in [5, 5.41) is 10.2. The molecular formula is C17H24FIN6. The molecule has 0 unspecified atom stereocenters. The van der Waals surface area contributed by atoms with E-state index in [1.165, 1.54) is 12.1 Å². The van der Waals surface area contributed by atoms with E-state index in [0.29, 0.717) is 6.54 Å². The molecule has 0 atom stereocenters. The van der Waals surface area contributed by atoms with Crippen molar-refractivity contribution in [2.75, 3.05) is 37.6 Å². The fourth-order valence-electron chi connectivity index (χ4n) is 2.79. The molecule has 3 rings (SSSR count). The monoisotopic (exact) mass is 458 g/mol. The van der Waals surface area contributed by atoms with E-state index in [2.05, 4.69) is 37.2 Å². The van der Waals surface area contributed by atoms with Crippen molar-refractivity contribution in [1.82, 2.24) is 20.4 Å². The van der Waals surface area contributed by atoms with E-state index in [1.54, 1.807) is 6.20 Å². The highest BCUT2D eigenvalue weighted by Gasteiger charge is 2.19. The highest BCUT2D eigenvalue weighted by Crippen LogP contribution is 2.17. The maximum atomic E-state index is 13.1. The third-order valence-electron chi connectivity index (χ3n) is 4.06. The number of nitrogens with zero attached hydrogens (tertiary/aromatic N) is 4. The van der Waals surface area contributed by atoms with E-state index in [0.717, 1.165) is 50.1 Å². The second kappa shape index (κ2) is 9.59. The minimum absolute atomic E-state index is 0. The lowest BCUT2D eigenvalue weighted by molar-refractivity contribution is 0.372. The first-order valence-electron chi connectivity index (χ1n) is 8.28. The van der Waals surface area contributed by atoms with Gasteiger partial charge in [-0.15, -0.1) is 24.0 Å². The van der Waals surface area contributed by atoms with E-state index >= 15 is 0 Å². The molecule has 136 valence electrons. The molecule has 6 nitrogen and oxygen atoms in total. The van der Waals surface area contributed by atoms with Crippen LogP contribution in [0, 0.1) is 5.82 Å². The van der Waals surface area contributed by atoms with Crippen LogP contribution in [0.1, 0.15) is 12.6 Å². The fraction of sp³-hybridized carbons (Fsp3) is 0.412. The number of hydrogen-bond acceptors (Lipinski definition) is 3. The van der Waals surface area contributed by atoms with Crippen molar-refractivity contribution in [1.29, 1.82) is 0 Å². The summed E-state index contributed by atoms with van der Waals surface area (Å²) in [5.74, 6) is 0.726. The minimum atomic E-state index is -0.197. The molecule has 25 heavy (non-hydrogen) atoms. The molecule has 0 amide bonds. The summed E-state index contributed by atoms with van der Waals surface area (Å²) in [6.07, 6.45) is 1.74. The average Bonchev–Trinajstić information content (AvgIpc) is 3.13. The number of aromatic amines is 1. The summed E-state index contributed by atoms with van der Waals surface area (Å²) in [7, 11) is 0. The topological polar surface area (TPSA) is 59.6 Å². The van der Waals surface area contributed by atoms with Crippen LogP contribution < -0.4 is 10.2 Å². The highest BCUT2D eigenvalue weighted by molar-refractivity contribution is 14.0. The first kappa shape index (κ1) is 19.5. The third kappa shape index (κ3) is 5.32. The Morgan fingerprint density at radius 2 is 1.92 bits per heavy atom. The average molecular weight is 458 g/mol.